The lowest BCUT2D eigenvalue weighted by molar-refractivity contribution is -0.136. The Morgan fingerprint density at radius 3 is 2.12 bits per heavy atom. The number of rotatable bonds is 8. The number of carbonyl (C=O) groups is 1. The van der Waals surface area contributed by atoms with Crippen LogP contribution < -0.4 is 11.5 Å². The highest BCUT2D eigenvalue weighted by Crippen LogP contribution is 2.18. The Morgan fingerprint density at radius 1 is 1.12 bits per heavy atom. The minimum absolute atomic E-state index is 0.194. The third-order valence-corrected chi connectivity index (χ3v) is 2.02. The second-order valence-electron chi connectivity index (χ2n) is 5.09. The van der Waals surface area contributed by atoms with Gasteiger partial charge in [-0.2, -0.15) is 0 Å². The van der Waals surface area contributed by atoms with Crippen molar-refractivity contribution in [2.75, 3.05) is 19.8 Å². The number of primary amides is 1. The van der Waals surface area contributed by atoms with Crippen molar-refractivity contribution in [1.29, 1.82) is 0 Å². The van der Waals surface area contributed by atoms with Crippen molar-refractivity contribution in [3.63, 3.8) is 0 Å². The molecule has 0 radical (unpaired) electrons. The molecule has 0 unspecified atom stereocenters. The second kappa shape index (κ2) is 6.18. The van der Waals surface area contributed by atoms with Crippen molar-refractivity contribution < 1.29 is 14.3 Å². The number of carbonyl (C=O) groups excluding carboxylic acids is 1. The molecule has 96 valence electrons. The van der Waals surface area contributed by atoms with E-state index in [1.807, 2.05) is 27.7 Å². The summed E-state index contributed by atoms with van der Waals surface area (Å²) >= 11 is 0. The first kappa shape index (κ1) is 15.3. The van der Waals surface area contributed by atoms with Crippen LogP contribution in [-0.2, 0) is 14.3 Å². The summed E-state index contributed by atoms with van der Waals surface area (Å²) in [5.74, 6) is -0.370. The van der Waals surface area contributed by atoms with Gasteiger partial charge in [-0.1, -0.05) is 0 Å². The summed E-state index contributed by atoms with van der Waals surface area (Å²) in [5, 5.41) is 0. The maximum atomic E-state index is 10.8. The minimum Gasteiger partial charge on any atom is -0.372 e. The lowest BCUT2D eigenvalue weighted by Gasteiger charge is -2.31. The van der Waals surface area contributed by atoms with Gasteiger partial charge in [0.25, 0.3) is 0 Å². The zero-order chi connectivity index (χ0) is 12.8. The van der Waals surface area contributed by atoms with Gasteiger partial charge in [-0.05, 0) is 27.7 Å². The summed E-state index contributed by atoms with van der Waals surface area (Å²) in [6, 6.07) is 0. The number of nitrogens with two attached hydrogens (primary N) is 2. The first-order chi connectivity index (χ1) is 7.18. The lowest BCUT2D eigenvalue weighted by Crippen LogP contribution is -2.39. The Kier molecular flexibility index (Phi) is 5.92. The molecule has 16 heavy (non-hydrogen) atoms. The molecule has 0 aliphatic carbocycles. The molecule has 0 bridgehead atoms. The van der Waals surface area contributed by atoms with Crippen LogP contribution in [0.1, 0.15) is 34.1 Å². The van der Waals surface area contributed by atoms with Crippen LogP contribution in [0.15, 0.2) is 0 Å². The molecule has 0 aromatic carbocycles. The summed E-state index contributed by atoms with van der Waals surface area (Å²) in [5.41, 5.74) is 9.52. The Balaban J connectivity index is 4.06. The number of amides is 1. The van der Waals surface area contributed by atoms with Gasteiger partial charge in [0.2, 0.25) is 5.91 Å². The van der Waals surface area contributed by atoms with Gasteiger partial charge < -0.3 is 20.9 Å². The van der Waals surface area contributed by atoms with Crippen LogP contribution in [0.5, 0.6) is 0 Å². The first-order valence-electron chi connectivity index (χ1n) is 5.45. The standard InChI is InChI=1S/C11H24N2O3/c1-10(2,7-9(13)14)16-8-11(3,4)15-6-5-12/h5-8,12H2,1-4H3,(H2,13,14). The van der Waals surface area contributed by atoms with Crippen molar-refractivity contribution in [1.82, 2.24) is 0 Å². The van der Waals surface area contributed by atoms with E-state index in [0.717, 1.165) is 0 Å². The molecule has 0 spiro atoms. The molecule has 1 amide bonds. The summed E-state index contributed by atoms with van der Waals surface area (Å²) in [6.07, 6.45) is 0.194. The van der Waals surface area contributed by atoms with Crippen LogP contribution in [0, 0.1) is 0 Å². The smallest absolute Gasteiger partial charge is 0.220 e. The molecule has 5 heteroatoms. The number of hydrogen-bond donors (Lipinski definition) is 2. The van der Waals surface area contributed by atoms with Gasteiger partial charge in [-0.3, -0.25) is 4.79 Å². The zero-order valence-corrected chi connectivity index (χ0v) is 10.7. The van der Waals surface area contributed by atoms with Crippen molar-refractivity contribution in [2.24, 2.45) is 11.5 Å². The normalized spacial score (nSPS) is 12.8. The van der Waals surface area contributed by atoms with E-state index in [-0.39, 0.29) is 12.3 Å². The quantitative estimate of drug-likeness (QED) is 0.634. The fourth-order valence-electron chi connectivity index (χ4n) is 1.22. The van der Waals surface area contributed by atoms with E-state index < -0.39 is 11.2 Å². The molecule has 0 fully saturated rings. The first-order valence-corrected chi connectivity index (χ1v) is 5.45. The van der Waals surface area contributed by atoms with Gasteiger partial charge in [-0.25, -0.2) is 0 Å². The molecule has 4 N–H and O–H groups in total. The third kappa shape index (κ3) is 7.62. The highest BCUT2D eigenvalue weighted by atomic mass is 16.6. The van der Waals surface area contributed by atoms with E-state index in [1.54, 1.807) is 0 Å². The average molecular weight is 232 g/mol. The van der Waals surface area contributed by atoms with Crippen LogP contribution in [0.3, 0.4) is 0 Å². The SMILES string of the molecule is CC(C)(COC(C)(C)CC(N)=O)OCCN. The molecule has 5 nitrogen and oxygen atoms in total. The molecule has 0 aliphatic heterocycles. The van der Waals surface area contributed by atoms with E-state index in [9.17, 15) is 4.79 Å². The summed E-state index contributed by atoms with van der Waals surface area (Å²) in [4.78, 5) is 10.8. The van der Waals surface area contributed by atoms with Crippen LogP contribution in [-0.4, -0.2) is 36.9 Å². The Morgan fingerprint density at radius 2 is 1.69 bits per heavy atom. The summed E-state index contributed by atoms with van der Waals surface area (Å²) in [6.45, 7) is 8.87. The molecule has 0 heterocycles. The molecule has 0 atom stereocenters. The maximum absolute atomic E-state index is 10.8. The van der Waals surface area contributed by atoms with Gasteiger partial charge in [0.1, 0.15) is 0 Å². The van der Waals surface area contributed by atoms with Gasteiger partial charge in [0.15, 0.2) is 0 Å². The lowest BCUT2D eigenvalue weighted by atomic mass is 10.0. The molecule has 0 aromatic heterocycles. The van der Waals surface area contributed by atoms with Crippen molar-refractivity contribution in [2.45, 2.75) is 45.3 Å². The predicted octanol–water partition coefficient (Wildman–Crippen LogP) is 0.411. The fraction of sp³-hybridized carbons (Fsp3) is 0.909. The van der Waals surface area contributed by atoms with Crippen LogP contribution in [0.2, 0.25) is 0 Å². The van der Waals surface area contributed by atoms with Gasteiger partial charge in [0.05, 0.1) is 30.8 Å². The molecule has 0 saturated heterocycles. The Labute approximate surface area is 97.5 Å². The van der Waals surface area contributed by atoms with Crippen LogP contribution in [0.4, 0.5) is 0 Å². The van der Waals surface area contributed by atoms with Gasteiger partial charge >= 0.3 is 0 Å². The summed E-state index contributed by atoms with van der Waals surface area (Å²) < 4.78 is 11.1. The second-order valence-corrected chi connectivity index (χ2v) is 5.09. The van der Waals surface area contributed by atoms with E-state index in [0.29, 0.717) is 19.8 Å². The highest BCUT2D eigenvalue weighted by Gasteiger charge is 2.26. The highest BCUT2D eigenvalue weighted by molar-refractivity contribution is 5.74. The van der Waals surface area contributed by atoms with Gasteiger partial charge in [-0.15, -0.1) is 0 Å². The molecule has 0 aromatic rings. The van der Waals surface area contributed by atoms with E-state index in [4.69, 9.17) is 20.9 Å². The Bertz CT molecular complexity index is 227. The summed E-state index contributed by atoms with van der Waals surface area (Å²) in [7, 11) is 0. The van der Waals surface area contributed by atoms with Crippen molar-refractivity contribution in [3.05, 3.63) is 0 Å². The maximum Gasteiger partial charge on any atom is 0.220 e. The van der Waals surface area contributed by atoms with E-state index in [1.165, 1.54) is 0 Å². The number of hydrogen-bond acceptors (Lipinski definition) is 4. The van der Waals surface area contributed by atoms with E-state index >= 15 is 0 Å². The van der Waals surface area contributed by atoms with Crippen molar-refractivity contribution in [3.8, 4) is 0 Å². The topological polar surface area (TPSA) is 87.6 Å². The monoisotopic (exact) mass is 232 g/mol. The molecule has 0 rings (SSSR count). The molecule has 0 aliphatic rings. The fourth-order valence-corrected chi connectivity index (χ4v) is 1.22. The van der Waals surface area contributed by atoms with Crippen LogP contribution in [0.25, 0.3) is 0 Å². The zero-order valence-electron chi connectivity index (χ0n) is 10.7. The number of ether oxygens (including phenoxy) is 2. The van der Waals surface area contributed by atoms with Crippen LogP contribution >= 0.6 is 0 Å². The minimum atomic E-state index is -0.560. The molecular formula is C11H24N2O3. The molecular weight excluding hydrogens is 208 g/mol. The third-order valence-electron chi connectivity index (χ3n) is 2.02. The average Bonchev–Trinajstić information content (AvgIpc) is 2.10. The predicted molar refractivity (Wildman–Crippen MR) is 62.9 cm³/mol. The largest absolute Gasteiger partial charge is 0.372 e. The Hall–Kier alpha value is -0.650. The van der Waals surface area contributed by atoms with E-state index in [2.05, 4.69) is 0 Å². The van der Waals surface area contributed by atoms with Gasteiger partial charge in [0, 0.05) is 6.54 Å². The van der Waals surface area contributed by atoms with Crippen molar-refractivity contribution >= 4 is 5.91 Å². The molecule has 0 saturated carbocycles.